The summed E-state index contributed by atoms with van der Waals surface area (Å²) in [6, 6.07) is 13.2. The minimum Gasteiger partial charge on any atom is -0.156 e. The lowest BCUT2D eigenvalue weighted by Crippen LogP contribution is -1.95. The normalized spacial score (nSPS) is 10.9. The first-order chi connectivity index (χ1) is 10.6. The molecule has 2 heteroatoms. The van der Waals surface area contributed by atoms with Crippen LogP contribution >= 0.6 is 23.5 Å². The second-order valence-electron chi connectivity index (χ2n) is 5.85. The van der Waals surface area contributed by atoms with Crippen LogP contribution in [0.1, 0.15) is 33.4 Å². The summed E-state index contributed by atoms with van der Waals surface area (Å²) in [6.07, 6.45) is 0. The van der Waals surface area contributed by atoms with Gasteiger partial charge in [-0.2, -0.15) is 23.5 Å². The zero-order valence-corrected chi connectivity index (χ0v) is 15.7. The number of thioether (sulfide) groups is 2. The van der Waals surface area contributed by atoms with Crippen LogP contribution in [0.2, 0.25) is 0 Å². The maximum absolute atomic E-state index is 2.22. The summed E-state index contributed by atoms with van der Waals surface area (Å²) in [6.45, 7) is 8.88. The Bertz CT molecular complexity index is 521. The van der Waals surface area contributed by atoms with Crippen LogP contribution in [0.5, 0.6) is 0 Å². The SMILES string of the molecule is Cc1cccc(C)c1CSCCSCc1c(C)cccc1C. The van der Waals surface area contributed by atoms with E-state index in [0.29, 0.717) is 0 Å². The van der Waals surface area contributed by atoms with Crippen molar-refractivity contribution in [2.75, 3.05) is 11.5 Å². The molecule has 0 heterocycles. The molecule has 2 rings (SSSR count). The van der Waals surface area contributed by atoms with Crippen molar-refractivity contribution in [3.05, 3.63) is 69.8 Å². The van der Waals surface area contributed by atoms with Gasteiger partial charge >= 0.3 is 0 Å². The molecule has 0 radical (unpaired) electrons. The molecule has 0 N–H and O–H groups in total. The standard InChI is InChI=1S/C20H26S2/c1-15-7-5-8-16(2)19(15)13-21-11-12-22-14-20-17(3)9-6-10-18(20)4/h5-10H,11-14H2,1-4H3. The molecule has 22 heavy (non-hydrogen) atoms. The highest BCUT2D eigenvalue weighted by Gasteiger charge is 2.04. The third kappa shape index (κ3) is 4.82. The van der Waals surface area contributed by atoms with Crippen molar-refractivity contribution in [2.24, 2.45) is 0 Å². The Kier molecular flexibility index (Phi) is 6.91. The second-order valence-corrected chi connectivity index (χ2v) is 8.06. The van der Waals surface area contributed by atoms with Gasteiger partial charge in [0.15, 0.2) is 0 Å². The third-order valence-corrected chi connectivity index (χ3v) is 6.38. The molecule has 2 aromatic carbocycles. The van der Waals surface area contributed by atoms with Crippen LogP contribution in [0.25, 0.3) is 0 Å². The van der Waals surface area contributed by atoms with Crippen molar-refractivity contribution in [2.45, 2.75) is 39.2 Å². The van der Waals surface area contributed by atoms with Crippen LogP contribution in [0.15, 0.2) is 36.4 Å². The Morgan fingerprint density at radius 3 is 1.23 bits per heavy atom. The van der Waals surface area contributed by atoms with E-state index in [1.807, 2.05) is 0 Å². The highest BCUT2D eigenvalue weighted by atomic mass is 32.2. The van der Waals surface area contributed by atoms with Crippen molar-refractivity contribution in [3.8, 4) is 0 Å². The summed E-state index contributed by atoms with van der Waals surface area (Å²) in [4.78, 5) is 0. The quantitative estimate of drug-likeness (QED) is 0.564. The predicted molar refractivity (Wildman–Crippen MR) is 104 cm³/mol. The van der Waals surface area contributed by atoms with Gasteiger partial charge in [-0.25, -0.2) is 0 Å². The summed E-state index contributed by atoms with van der Waals surface area (Å²) in [5.41, 5.74) is 8.75. The first-order valence-corrected chi connectivity index (χ1v) is 10.2. The van der Waals surface area contributed by atoms with E-state index in [-0.39, 0.29) is 0 Å². The first-order valence-electron chi connectivity index (χ1n) is 7.85. The van der Waals surface area contributed by atoms with Gasteiger partial charge in [0.1, 0.15) is 0 Å². The van der Waals surface area contributed by atoms with Gasteiger partial charge in [-0.15, -0.1) is 0 Å². The van der Waals surface area contributed by atoms with Gasteiger partial charge in [0.2, 0.25) is 0 Å². The Morgan fingerprint density at radius 2 is 0.909 bits per heavy atom. The van der Waals surface area contributed by atoms with E-state index in [9.17, 15) is 0 Å². The zero-order valence-electron chi connectivity index (χ0n) is 14.1. The number of rotatable bonds is 7. The van der Waals surface area contributed by atoms with Crippen LogP contribution in [0, 0.1) is 27.7 Å². The fourth-order valence-corrected chi connectivity index (χ4v) is 5.17. The summed E-state index contributed by atoms with van der Waals surface area (Å²) < 4.78 is 0. The average Bonchev–Trinajstić information content (AvgIpc) is 2.47. The molecule has 0 fully saturated rings. The number of hydrogen-bond donors (Lipinski definition) is 0. The van der Waals surface area contributed by atoms with E-state index >= 15 is 0 Å². The van der Waals surface area contributed by atoms with Crippen molar-refractivity contribution >= 4 is 23.5 Å². The van der Waals surface area contributed by atoms with Crippen LogP contribution in [-0.4, -0.2) is 11.5 Å². The average molecular weight is 331 g/mol. The molecule has 0 amide bonds. The third-order valence-electron chi connectivity index (χ3n) is 4.15. The maximum atomic E-state index is 2.22. The minimum absolute atomic E-state index is 1.14. The topological polar surface area (TPSA) is 0 Å². The molecular weight excluding hydrogens is 304 g/mol. The Labute approximate surface area is 144 Å². The first kappa shape index (κ1) is 17.5. The highest BCUT2D eigenvalue weighted by molar-refractivity contribution is 8.02. The van der Waals surface area contributed by atoms with Gasteiger partial charge in [0.25, 0.3) is 0 Å². The molecule has 0 aliphatic heterocycles. The van der Waals surface area contributed by atoms with Crippen LogP contribution in [0.3, 0.4) is 0 Å². The molecule has 0 saturated heterocycles. The van der Waals surface area contributed by atoms with E-state index < -0.39 is 0 Å². The predicted octanol–water partition coefficient (Wildman–Crippen LogP) is 6.09. The van der Waals surface area contributed by atoms with E-state index in [2.05, 4.69) is 87.6 Å². The smallest absolute Gasteiger partial charge is 0.0190 e. The molecule has 0 spiro atoms. The van der Waals surface area contributed by atoms with E-state index in [1.165, 1.54) is 44.9 Å². The van der Waals surface area contributed by atoms with Gasteiger partial charge in [0, 0.05) is 23.0 Å². The largest absolute Gasteiger partial charge is 0.156 e. The lowest BCUT2D eigenvalue weighted by Gasteiger charge is -2.10. The summed E-state index contributed by atoms with van der Waals surface area (Å²) in [7, 11) is 0. The fraction of sp³-hybridized carbons (Fsp3) is 0.400. The van der Waals surface area contributed by atoms with Crippen LogP contribution < -0.4 is 0 Å². The lowest BCUT2D eigenvalue weighted by atomic mass is 10.1. The van der Waals surface area contributed by atoms with Crippen molar-refractivity contribution < 1.29 is 0 Å². The minimum atomic E-state index is 1.14. The maximum Gasteiger partial charge on any atom is 0.0190 e. The zero-order chi connectivity index (χ0) is 15.9. The molecule has 0 aliphatic carbocycles. The van der Waals surface area contributed by atoms with Gasteiger partial charge < -0.3 is 0 Å². The highest BCUT2D eigenvalue weighted by Crippen LogP contribution is 2.23. The van der Waals surface area contributed by atoms with Crippen LogP contribution in [0.4, 0.5) is 0 Å². The molecule has 118 valence electrons. The number of benzene rings is 2. The van der Waals surface area contributed by atoms with Crippen molar-refractivity contribution in [1.82, 2.24) is 0 Å². The van der Waals surface area contributed by atoms with Crippen LogP contribution in [-0.2, 0) is 11.5 Å². The van der Waals surface area contributed by atoms with Crippen molar-refractivity contribution in [3.63, 3.8) is 0 Å². The van der Waals surface area contributed by atoms with Gasteiger partial charge in [-0.3, -0.25) is 0 Å². The molecule has 0 saturated carbocycles. The Hall–Kier alpha value is -0.860. The molecule has 2 aromatic rings. The number of aryl methyl sites for hydroxylation is 4. The summed E-state index contributed by atoms with van der Waals surface area (Å²) in [5, 5.41) is 0. The Balaban J connectivity index is 1.72. The van der Waals surface area contributed by atoms with E-state index in [0.717, 1.165) is 11.5 Å². The second kappa shape index (κ2) is 8.69. The van der Waals surface area contributed by atoms with Gasteiger partial charge in [0.05, 0.1) is 0 Å². The van der Waals surface area contributed by atoms with Gasteiger partial charge in [-0.1, -0.05) is 36.4 Å². The van der Waals surface area contributed by atoms with Crippen molar-refractivity contribution in [1.29, 1.82) is 0 Å². The fourth-order valence-electron chi connectivity index (χ4n) is 2.62. The van der Waals surface area contributed by atoms with Gasteiger partial charge in [-0.05, 0) is 61.1 Å². The number of hydrogen-bond acceptors (Lipinski definition) is 2. The molecule has 0 unspecified atom stereocenters. The Morgan fingerprint density at radius 1 is 0.591 bits per heavy atom. The molecule has 0 aromatic heterocycles. The summed E-state index contributed by atoms with van der Waals surface area (Å²) in [5.74, 6) is 4.73. The van der Waals surface area contributed by atoms with E-state index in [1.54, 1.807) is 0 Å². The molecule has 0 bridgehead atoms. The molecular formula is C20H26S2. The molecule has 0 aliphatic rings. The monoisotopic (exact) mass is 330 g/mol. The lowest BCUT2D eigenvalue weighted by molar-refractivity contribution is 1.23. The summed E-state index contributed by atoms with van der Waals surface area (Å²) >= 11 is 4.11. The molecule has 0 atom stereocenters. The van der Waals surface area contributed by atoms with E-state index in [4.69, 9.17) is 0 Å². The molecule has 0 nitrogen and oxygen atoms in total.